The maximum atomic E-state index is 11.9. The molecule has 1 aromatic heterocycles. The lowest BCUT2D eigenvalue weighted by Crippen LogP contribution is -2.21. The van der Waals surface area contributed by atoms with Gasteiger partial charge in [-0.2, -0.15) is 5.11 Å². The number of hydrogen-bond acceptors (Lipinski definition) is 5. The van der Waals surface area contributed by atoms with Gasteiger partial charge >= 0.3 is 0 Å². The first-order valence-electron chi connectivity index (χ1n) is 6.96. The summed E-state index contributed by atoms with van der Waals surface area (Å²) in [5.74, 6) is -0.0381. The molecule has 1 atom stereocenters. The average Bonchev–Trinajstić information content (AvgIpc) is 2.54. The van der Waals surface area contributed by atoms with E-state index in [0.717, 1.165) is 11.3 Å². The number of hydrogen-bond donors (Lipinski definition) is 1. The second-order valence-electron chi connectivity index (χ2n) is 5.31. The molecular weight excluding hydrogens is 278 g/mol. The van der Waals surface area contributed by atoms with Gasteiger partial charge in [-0.3, -0.25) is 9.78 Å². The lowest BCUT2D eigenvalue weighted by atomic mass is 10.1. The molecule has 0 saturated carbocycles. The smallest absolute Gasteiger partial charge is 0.253 e. The van der Waals surface area contributed by atoms with Crippen LogP contribution in [0.25, 0.3) is 11.3 Å². The molecule has 6 nitrogen and oxygen atoms in total. The van der Waals surface area contributed by atoms with Gasteiger partial charge in [0.2, 0.25) is 0 Å². The highest BCUT2D eigenvalue weighted by Gasteiger charge is 2.13. The molecule has 1 unspecified atom stereocenters. The molecule has 0 bridgehead atoms. The maximum Gasteiger partial charge on any atom is 0.253 e. The second kappa shape index (κ2) is 6.43. The van der Waals surface area contributed by atoms with Crippen LogP contribution in [0.3, 0.4) is 0 Å². The number of nitrogens with zero attached hydrogens (tertiary/aromatic N) is 4. The summed E-state index contributed by atoms with van der Waals surface area (Å²) in [5, 5.41) is 3.51. The topological polar surface area (TPSA) is 82.3 Å². The lowest BCUT2D eigenvalue weighted by molar-refractivity contribution is 0.0827. The summed E-state index contributed by atoms with van der Waals surface area (Å²) in [4.78, 5) is 22.3. The molecule has 6 heteroatoms. The molecule has 0 radical (unpaired) electrons. The van der Waals surface area contributed by atoms with Gasteiger partial charge in [-0.1, -0.05) is 12.1 Å². The van der Waals surface area contributed by atoms with E-state index in [0.29, 0.717) is 17.0 Å². The second-order valence-corrected chi connectivity index (χ2v) is 5.31. The third kappa shape index (κ3) is 3.16. The third-order valence-electron chi connectivity index (χ3n) is 3.42. The van der Waals surface area contributed by atoms with Crippen LogP contribution in [0.15, 0.2) is 35.6 Å². The third-order valence-corrected chi connectivity index (χ3v) is 3.42. The Balaban J connectivity index is 2.36. The Morgan fingerprint density at radius 1 is 1.27 bits per heavy atom. The Hall–Kier alpha value is -2.63. The van der Waals surface area contributed by atoms with E-state index < -0.39 is 0 Å². The lowest BCUT2D eigenvalue weighted by Gasteiger charge is -2.11. The van der Waals surface area contributed by atoms with Gasteiger partial charge in [0.25, 0.3) is 5.91 Å². The molecule has 2 rings (SSSR count). The van der Waals surface area contributed by atoms with E-state index in [1.54, 1.807) is 32.4 Å². The van der Waals surface area contributed by atoms with Gasteiger partial charge in [-0.15, -0.1) is 0 Å². The van der Waals surface area contributed by atoms with Crippen molar-refractivity contribution in [2.24, 2.45) is 5.11 Å². The molecule has 1 heterocycles. The fraction of sp³-hybridized carbons (Fsp3) is 0.312. The quantitative estimate of drug-likeness (QED) is 0.879. The van der Waals surface area contributed by atoms with Crippen LogP contribution in [0.5, 0.6) is 0 Å². The van der Waals surface area contributed by atoms with Crippen molar-refractivity contribution in [2.75, 3.05) is 14.1 Å². The summed E-state index contributed by atoms with van der Waals surface area (Å²) in [7, 11) is 3.44. The van der Waals surface area contributed by atoms with E-state index in [-0.39, 0.29) is 11.9 Å². The Kier molecular flexibility index (Phi) is 4.60. The number of benzene rings is 1. The van der Waals surface area contributed by atoms with Crippen molar-refractivity contribution < 1.29 is 4.79 Å². The first-order chi connectivity index (χ1) is 10.4. The van der Waals surface area contributed by atoms with Crippen molar-refractivity contribution in [2.45, 2.75) is 19.9 Å². The van der Waals surface area contributed by atoms with Crippen LogP contribution in [0.2, 0.25) is 0 Å². The number of aromatic nitrogens is 2. The predicted molar refractivity (Wildman–Crippen MR) is 83.8 cm³/mol. The van der Waals surface area contributed by atoms with Crippen molar-refractivity contribution in [1.82, 2.24) is 14.9 Å². The van der Waals surface area contributed by atoms with E-state index >= 15 is 0 Å². The van der Waals surface area contributed by atoms with E-state index in [1.807, 2.05) is 26.0 Å². The molecule has 0 fully saturated rings. The van der Waals surface area contributed by atoms with Crippen molar-refractivity contribution in [1.29, 1.82) is 5.53 Å². The Morgan fingerprint density at radius 3 is 2.45 bits per heavy atom. The summed E-state index contributed by atoms with van der Waals surface area (Å²) in [5.41, 5.74) is 10.8. The van der Waals surface area contributed by atoms with Gasteiger partial charge in [-0.05, 0) is 26.0 Å². The molecule has 1 aromatic carbocycles. The molecule has 0 spiro atoms. The van der Waals surface area contributed by atoms with Crippen LogP contribution in [0.1, 0.15) is 34.7 Å². The first-order valence-corrected chi connectivity index (χ1v) is 6.96. The summed E-state index contributed by atoms with van der Waals surface area (Å²) < 4.78 is 0. The minimum Gasteiger partial charge on any atom is -0.345 e. The summed E-state index contributed by atoms with van der Waals surface area (Å²) >= 11 is 0. The fourth-order valence-corrected chi connectivity index (χ4v) is 2.10. The number of nitrogens with one attached hydrogen (secondary N) is 1. The van der Waals surface area contributed by atoms with Crippen LogP contribution < -0.4 is 0 Å². The summed E-state index contributed by atoms with van der Waals surface area (Å²) in [6.45, 7) is 3.67. The highest BCUT2D eigenvalue weighted by atomic mass is 16.2. The zero-order chi connectivity index (χ0) is 16.3. The Labute approximate surface area is 129 Å². The minimum atomic E-state index is -0.318. The monoisotopic (exact) mass is 297 g/mol. The largest absolute Gasteiger partial charge is 0.345 e. The maximum absolute atomic E-state index is 11.9. The Morgan fingerprint density at radius 2 is 1.91 bits per heavy atom. The standard InChI is InChI=1S/C16H19N5O/c1-10-15(11(2)20-17)19-14(9-18-10)12-5-7-13(8-6-12)16(22)21(3)4/h5-9,11,17H,1-4H3. The first kappa shape index (κ1) is 15.8. The average molecular weight is 297 g/mol. The van der Waals surface area contributed by atoms with E-state index in [1.165, 1.54) is 4.90 Å². The van der Waals surface area contributed by atoms with Crippen molar-refractivity contribution in [3.63, 3.8) is 0 Å². The molecule has 0 aliphatic carbocycles. The summed E-state index contributed by atoms with van der Waals surface area (Å²) in [6.07, 6.45) is 1.69. The Bertz CT molecular complexity index is 694. The molecule has 22 heavy (non-hydrogen) atoms. The number of carbonyl (C=O) groups excluding carboxylic acids is 1. The highest BCUT2D eigenvalue weighted by molar-refractivity contribution is 5.94. The molecule has 1 N–H and O–H groups in total. The van der Waals surface area contributed by atoms with Gasteiger partial charge in [0.05, 0.1) is 23.3 Å². The molecule has 0 aliphatic heterocycles. The number of amides is 1. The molecule has 2 aromatic rings. The van der Waals surface area contributed by atoms with Gasteiger partial charge in [0, 0.05) is 25.2 Å². The van der Waals surface area contributed by atoms with Crippen LogP contribution in [0.4, 0.5) is 0 Å². The van der Waals surface area contributed by atoms with Crippen LogP contribution >= 0.6 is 0 Å². The van der Waals surface area contributed by atoms with E-state index in [9.17, 15) is 4.79 Å². The molecule has 0 saturated heterocycles. The van der Waals surface area contributed by atoms with Crippen LogP contribution in [0, 0.1) is 12.5 Å². The SMILES string of the molecule is Cc1ncc(-c2ccc(C(=O)N(C)C)cc2)nc1C(C)N=N. The van der Waals surface area contributed by atoms with Crippen LogP contribution in [-0.2, 0) is 0 Å². The fourth-order valence-electron chi connectivity index (χ4n) is 2.10. The molecular formula is C16H19N5O. The zero-order valence-corrected chi connectivity index (χ0v) is 13.2. The molecule has 0 aliphatic rings. The zero-order valence-electron chi connectivity index (χ0n) is 13.2. The van der Waals surface area contributed by atoms with Gasteiger partial charge in [0.15, 0.2) is 0 Å². The number of carbonyl (C=O) groups is 1. The predicted octanol–water partition coefficient (Wildman–Crippen LogP) is 3.25. The van der Waals surface area contributed by atoms with Crippen molar-refractivity contribution in [3.8, 4) is 11.3 Å². The summed E-state index contributed by atoms with van der Waals surface area (Å²) in [6, 6.07) is 6.93. The van der Waals surface area contributed by atoms with Crippen molar-refractivity contribution >= 4 is 5.91 Å². The van der Waals surface area contributed by atoms with Crippen LogP contribution in [-0.4, -0.2) is 34.9 Å². The van der Waals surface area contributed by atoms with E-state index in [2.05, 4.69) is 15.1 Å². The highest BCUT2D eigenvalue weighted by Crippen LogP contribution is 2.22. The van der Waals surface area contributed by atoms with Gasteiger partial charge in [-0.25, -0.2) is 10.5 Å². The molecule has 114 valence electrons. The van der Waals surface area contributed by atoms with Gasteiger partial charge < -0.3 is 4.90 Å². The normalized spacial score (nSPS) is 11.8. The molecule has 1 amide bonds. The minimum absolute atomic E-state index is 0.0381. The van der Waals surface area contributed by atoms with Crippen molar-refractivity contribution in [3.05, 3.63) is 47.4 Å². The van der Waals surface area contributed by atoms with E-state index in [4.69, 9.17) is 5.53 Å². The number of rotatable bonds is 4. The number of aryl methyl sites for hydroxylation is 1. The van der Waals surface area contributed by atoms with Gasteiger partial charge in [0.1, 0.15) is 6.04 Å².